The van der Waals surface area contributed by atoms with Gasteiger partial charge in [-0.3, -0.25) is 0 Å². The first-order chi connectivity index (χ1) is 19.9. The molecule has 206 valence electrons. The van der Waals surface area contributed by atoms with E-state index in [0.29, 0.717) is 48.5 Å². The third-order valence-electron chi connectivity index (χ3n) is 6.74. The topological polar surface area (TPSA) is 80.5 Å². The minimum atomic E-state index is -0.462. The highest BCUT2D eigenvalue weighted by atomic mass is 35.5. The Morgan fingerprint density at radius 2 is 1.66 bits per heavy atom. The number of anilines is 3. The average Bonchev–Trinajstić information content (AvgIpc) is 3.44. The summed E-state index contributed by atoms with van der Waals surface area (Å²) in [6.45, 7) is 5.91. The highest BCUT2D eigenvalue weighted by Crippen LogP contribution is 2.38. The Morgan fingerprint density at radius 3 is 2.44 bits per heavy atom. The Morgan fingerprint density at radius 1 is 0.878 bits per heavy atom. The number of ether oxygens (including phenoxy) is 1. The quantitative estimate of drug-likeness (QED) is 0.174. The lowest BCUT2D eigenvalue weighted by Crippen LogP contribution is -2.21. The first kappa shape index (κ1) is 27.1. The summed E-state index contributed by atoms with van der Waals surface area (Å²) in [5.74, 6) is 1.15. The second kappa shape index (κ2) is 11.4. The molecule has 0 saturated carbocycles. The average molecular weight is 604 g/mol. The van der Waals surface area contributed by atoms with Crippen molar-refractivity contribution in [2.24, 2.45) is 0 Å². The van der Waals surface area contributed by atoms with Crippen LogP contribution in [0, 0.1) is 0 Å². The predicted octanol–water partition coefficient (Wildman–Crippen LogP) is 9.15. The molecule has 2 heterocycles. The zero-order chi connectivity index (χ0) is 28.5. The van der Waals surface area contributed by atoms with E-state index < -0.39 is 5.63 Å². The van der Waals surface area contributed by atoms with Crippen LogP contribution in [0.3, 0.4) is 0 Å². The van der Waals surface area contributed by atoms with Crippen LogP contribution in [0.2, 0.25) is 10.0 Å². The molecule has 1 N–H and O–H groups in total. The third kappa shape index (κ3) is 5.46. The molecule has 0 aliphatic carbocycles. The Kier molecular flexibility index (Phi) is 7.53. The van der Waals surface area contributed by atoms with Gasteiger partial charge in [-0.1, -0.05) is 58.8 Å². The first-order valence-corrected chi connectivity index (χ1v) is 14.6. The highest BCUT2D eigenvalue weighted by Gasteiger charge is 2.15. The largest absolute Gasteiger partial charge is 0.455 e. The highest BCUT2D eigenvalue weighted by molar-refractivity contribution is 7.18. The van der Waals surface area contributed by atoms with Gasteiger partial charge in [0.2, 0.25) is 5.13 Å². The monoisotopic (exact) mass is 602 g/mol. The molecule has 0 saturated heterocycles. The summed E-state index contributed by atoms with van der Waals surface area (Å²) in [7, 11) is 0. The van der Waals surface area contributed by atoms with Crippen molar-refractivity contribution >= 4 is 72.8 Å². The number of aromatic nitrogens is 2. The fourth-order valence-electron chi connectivity index (χ4n) is 4.64. The van der Waals surface area contributed by atoms with Crippen molar-refractivity contribution in [1.29, 1.82) is 0 Å². The van der Waals surface area contributed by atoms with E-state index in [1.165, 1.54) is 11.3 Å². The summed E-state index contributed by atoms with van der Waals surface area (Å²) >= 11 is 14.2. The molecular formula is C31H24Cl2N4O3S. The second-order valence-electron chi connectivity index (χ2n) is 9.22. The van der Waals surface area contributed by atoms with Gasteiger partial charge in [0.05, 0.1) is 10.6 Å². The molecule has 6 aromatic rings. The number of rotatable bonds is 8. The Hall–Kier alpha value is -4.11. The van der Waals surface area contributed by atoms with E-state index >= 15 is 0 Å². The van der Waals surface area contributed by atoms with E-state index in [-0.39, 0.29) is 0 Å². The van der Waals surface area contributed by atoms with E-state index in [4.69, 9.17) is 32.4 Å². The normalized spacial score (nSPS) is 11.2. The lowest BCUT2D eigenvalue weighted by Gasteiger charge is -2.20. The predicted molar refractivity (Wildman–Crippen MR) is 169 cm³/mol. The van der Waals surface area contributed by atoms with E-state index in [1.54, 1.807) is 24.3 Å². The number of hydrogen-bond donors (Lipinski definition) is 1. The van der Waals surface area contributed by atoms with Gasteiger partial charge in [-0.15, -0.1) is 10.2 Å². The Bertz CT molecular complexity index is 1950. The van der Waals surface area contributed by atoms with Crippen LogP contribution in [0.1, 0.15) is 13.8 Å². The van der Waals surface area contributed by atoms with Crippen LogP contribution < -0.4 is 20.6 Å². The van der Waals surface area contributed by atoms with Crippen LogP contribution in [0.5, 0.6) is 11.5 Å². The van der Waals surface area contributed by atoms with Crippen LogP contribution >= 0.6 is 34.5 Å². The van der Waals surface area contributed by atoms with Gasteiger partial charge in [-0.25, -0.2) is 4.79 Å². The SMILES string of the molecule is CCN(CC)c1ccc2cc(-c3nnc(Nc4ccc(Oc5ccc(Cl)c6ccccc56)c(Cl)c4)s3)c(=O)oc2c1. The van der Waals surface area contributed by atoms with Crippen molar-refractivity contribution in [2.45, 2.75) is 13.8 Å². The number of nitrogens with zero attached hydrogens (tertiary/aromatic N) is 3. The molecule has 41 heavy (non-hydrogen) atoms. The summed E-state index contributed by atoms with van der Waals surface area (Å²) in [5.41, 5.74) is 2.14. The number of nitrogens with one attached hydrogen (secondary N) is 1. The zero-order valence-corrected chi connectivity index (χ0v) is 24.5. The van der Waals surface area contributed by atoms with Gasteiger partial charge < -0.3 is 19.4 Å². The van der Waals surface area contributed by atoms with Crippen LogP contribution in [-0.4, -0.2) is 23.3 Å². The number of benzene rings is 4. The summed E-state index contributed by atoms with van der Waals surface area (Å²) in [6.07, 6.45) is 0. The second-order valence-corrected chi connectivity index (χ2v) is 11.0. The smallest absolute Gasteiger partial charge is 0.346 e. The maximum Gasteiger partial charge on any atom is 0.346 e. The Balaban J connectivity index is 1.21. The van der Waals surface area contributed by atoms with Crippen LogP contribution in [0.25, 0.3) is 32.3 Å². The van der Waals surface area contributed by atoms with Gasteiger partial charge in [0, 0.05) is 51.7 Å². The standard InChI is InChI=1S/C31H24Cl2N4O3S/c1-3-37(4-2)20-11-9-18-15-23(30(38)40-28(18)17-20)29-35-36-31(41-29)34-19-10-13-27(25(33)16-19)39-26-14-12-24(32)21-7-5-6-8-22(21)26/h5-17H,3-4H2,1-2H3,(H,34,36). The van der Waals surface area contributed by atoms with Crippen molar-refractivity contribution in [3.8, 4) is 22.1 Å². The van der Waals surface area contributed by atoms with Crippen molar-refractivity contribution in [1.82, 2.24) is 10.2 Å². The molecule has 2 aromatic heterocycles. The molecule has 6 rings (SSSR count). The molecule has 0 fully saturated rings. The number of hydrogen-bond acceptors (Lipinski definition) is 8. The number of halogens is 2. The maximum atomic E-state index is 12.9. The molecule has 0 aliphatic heterocycles. The van der Waals surface area contributed by atoms with Gasteiger partial charge in [-0.05, 0) is 62.4 Å². The minimum Gasteiger partial charge on any atom is -0.455 e. The molecule has 0 atom stereocenters. The van der Waals surface area contributed by atoms with Gasteiger partial charge >= 0.3 is 5.63 Å². The molecule has 10 heteroatoms. The molecule has 4 aromatic carbocycles. The molecule has 0 unspecified atom stereocenters. The molecule has 0 aliphatic rings. The summed E-state index contributed by atoms with van der Waals surface area (Å²) in [4.78, 5) is 15.0. The van der Waals surface area contributed by atoms with Crippen molar-refractivity contribution in [2.75, 3.05) is 23.3 Å². The molecule has 0 radical (unpaired) electrons. The van der Waals surface area contributed by atoms with E-state index in [1.807, 2.05) is 54.6 Å². The van der Waals surface area contributed by atoms with Crippen LogP contribution in [0.15, 0.2) is 88.1 Å². The fourth-order valence-corrected chi connectivity index (χ4v) is 5.86. The zero-order valence-electron chi connectivity index (χ0n) is 22.2. The van der Waals surface area contributed by atoms with E-state index in [0.717, 1.165) is 34.9 Å². The van der Waals surface area contributed by atoms with Crippen LogP contribution in [0.4, 0.5) is 16.5 Å². The van der Waals surface area contributed by atoms with E-state index in [2.05, 4.69) is 34.3 Å². The van der Waals surface area contributed by atoms with Crippen LogP contribution in [-0.2, 0) is 0 Å². The molecule has 7 nitrogen and oxygen atoms in total. The summed E-state index contributed by atoms with van der Waals surface area (Å²) in [6, 6.07) is 24.4. The lowest BCUT2D eigenvalue weighted by atomic mass is 10.1. The van der Waals surface area contributed by atoms with Gasteiger partial charge in [0.25, 0.3) is 0 Å². The van der Waals surface area contributed by atoms with Gasteiger partial charge in [0.15, 0.2) is 5.01 Å². The van der Waals surface area contributed by atoms with Crippen molar-refractivity contribution < 1.29 is 9.15 Å². The third-order valence-corrected chi connectivity index (χ3v) is 8.23. The van der Waals surface area contributed by atoms with Gasteiger partial charge in [0.1, 0.15) is 17.1 Å². The minimum absolute atomic E-state index is 0.357. The molecule has 0 spiro atoms. The first-order valence-electron chi connectivity index (χ1n) is 13.0. The summed E-state index contributed by atoms with van der Waals surface area (Å²) < 4.78 is 11.8. The van der Waals surface area contributed by atoms with Gasteiger partial charge in [-0.2, -0.15) is 0 Å². The number of fused-ring (bicyclic) bond motifs is 2. The lowest BCUT2D eigenvalue weighted by molar-refractivity contribution is 0.488. The maximum absolute atomic E-state index is 12.9. The molecule has 0 amide bonds. The van der Waals surface area contributed by atoms with Crippen molar-refractivity contribution in [3.05, 3.63) is 99.3 Å². The Labute approximate surface area is 249 Å². The molecule has 0 bridgehead atoms. The fraction of sp³-hybridized carbons (Fsp3) is 0.129. The van der Waals surface area contributed by atoms with Crippen molar-refractivity contribution in [3.63, 3.8) is 0 Å². The molecular weight excluding hydrogens is 579 g/mol. The van der Waals surface area contributed by atoms with E-state index in [9.17, 15) is 4.79 Å². The summed E-state index contributed by atoms with van der Waals surface area (Å²) in [5, 5.41) is 16.3.